The number of fused-ring (bicyclic) bond motifs is 1. The van der Waals surface area contributed by atoms with E-state index in [0.29, 0.717) is 5.56 Å². The number of alkyl halides is 6. The average molecular weight is 484 g/mol. The molecule has 1 aliphatic heterocycles. The molecule has 2 N–H and O–H groups in total. The summed E-state index contributed by atoms with van der Waals surface area (Å²) in [6, 6.07) is 15.3. The van der Waals surface area contributed by atoms with Crippen molar-refractivity contribution in [3.8, 4) is 0 Å². The fourth-order valence-corrected chi connectivity index (χ4v) is 3.87. The van der Waals surface area contributed by atoms with E-state index in [0.717, 1.165) is 4.57 Å². The van der Waals surface area contributed by atoms with Crippen LogP contribution < -0.4 is 10.9 Å². The Labute approximate surface area is 187 Å². The third-order valence-electron chi connectivity index (χ3n) is 5.13. The molecule has 33 heavy (non-hydrogen) atoms. The third kappa shape index (κ3) is 3.73. The molecule has 5 nitrogen and oxygen atoms in total. The molecule has 0 fully saturated rings. The smallest absolute Gasteiger partial charge is 0.326 e. The molecule has 2 heterocycles. The van der Waals surface area contributed by atoms with E-state index in [2.05, 4.69) is 10.3 Å². The molecular formula is C21H14F6N4OS. The van der Waals surface area contributed by atoms with Crippen molar-refractivity contribution in [3.05, 3.63) is 92.5 Å². The monoisotopic (exact) mass is 484 g/mol. The van der Waals surface area contributed by atoms with Crippen LogP contribution in [0.25, 0.3) is 0 Å². The summed E-state index contributed by atoms with van der Waals surface area (Å²) in [4.78, 5) is 17.6. The van der Waals surface area contributed by atoms with Crippen molar-refractivity contribution in [2.24, 2.45) is 4.99 Å². The Hall–Kier alpha value is -3.41. The third-order valence-corrected chi connectivity index (χ3v) is 5.45. The molecule has 1 aromatic heterocycles. The van der Waals surface area contributed by atoms with E-state index in [9.17, 15) is 31.1 Å². The lowest BCUT2D eigenvalue weighted by Crippen LogP contribution is -2.58. The molecule has 12 heteroatoms. The van der Waals surface area contributed by atoms with Gasteiger partial charge >= 0.3 is 12.4 Å². The van der Waals surface area contributed by atoms with Gasteiger partial charge in [-0.2, -0.15) is 26.3 Å². The normalized spacial score (nSPS) is 15.4. The molecule has 0 saturated heterocycles. The van der Waals surface area contributed by atoms with Gasteiger partial charge < -0.3 is 5.32 Å². The maximum atomic E-state index is 14.3. The molecule has 0 radical (unpaired) electrons. The average Bonchev–Trinajstić information content (AvgIpc) is 2.75. The van der Waals surface area contributed by atoms with Gasteiger partial charge in [0.05, 0.1) is 6.54 Å². The van der Waals surface area contributed by atoms with Crippen molar-refractivity contribution in [1.82, 2.24) is 9.55 Å². The molecule has 1 aliphatic rings. The lowest BCUT2D eigenvalue weighted by molar-refractivity contribution is -0.301. The number of aromatic amines is 1. The van der Waals surface area contributed by atoms with Crippen molar-refractivity contribution in [1.29, 1.82) is 0 Å². The number of anilines is 1. The predicted octanol–water partition coefficient (Wildman–Crippen LogP) is 5.15. The van der Waals surface area contributed by atoms with Gasteiger partial charge in [0.2, 0.25) is 0 Å². The van der Waals surface area contributed by atoms with Gasteiger partial charge in [0, 0.05) is 5.56 Å². The molecule has 4 rings (SSSR count). The van der Waals surface area contributed by atoms with Gasteiger partial charge in [-0.05, 0) is 17.8 Å². The Balaban J connectivity index is 2.10. The van der Waals surface area contributed by atoms with Gasteiger partial charge in [-0.3, -0.25) is 14.3 Å². The number of hydrogen-bond donors (Lipinski definition) is 2. The molecule has 0 unspecified atom stereocenters. The Bertz CT molecular complexity index is 1310. The van der Waals surface area contributed by atoms with Gasteiger partial charge in [0.15, 0.2) is 4.77 Å². The summed E-state index contributed by atoms with van der Waals surface area (Å²) in [5.41, 5.74) is -7.54. The minimum Gasteiger partial charge on any atom is -0.326 e. The summed E-state index contributed by atoms with van der Waals surface area (Å²) in [5.74, 6) is -1.42. The lowest BCUT2D eigenvalue weighted by atomic mass is 9.87. The number of amidine groups is 1. The summed E-state index contributed by atoms with van der Waals surface area (Å²) >= 11 is 5.11. The van der Waals surface area contributed by atoms with Crippen molar-refractivity contribution in [2.75, 3.05) is 5.32 Å². The van der Waals surface area contributed by atoms with Crippen LogP contribution in [0.1, 0.15) is 16.7 Å². The Morgan fingerprint density at radius 2 is 1.45 bits per heavy atom. The van der Waals surface area contributed by atoms with E-state index in [1.54, 1.807) is 36.4 Å². The quantitative estimate of drug-likeness (QED) is 0.400. The van der Waals surface area contributed by atoms with E-state index in [1.165, 1.54) is 24.3 Å². The number of H-pyrrole nitrogens is 1. The summed E-state index contributed by atoms with van der Waals surface area (Å²) in [6.07, 6.45) is -12.0. The Morgan fingerprint density at radius 3 is 2.00 bits per heavy atom. The van der Waals surface area contributed by atoms with Crippen LogP contribution in [0.4, 0.5) is 32.2 Å². The molecule has 3 aromatic rings. The SMILES string of the molecule is O=c1[nH]c(=S)n(Cc2ccccc2)c2c1C(C(F)(F)F)(C(F)(F)F)N=C(c1ccccc1)N2. The van der Waals surface area contributed by atoms with Crippen LogP contribution in [-0.4, -0.2) is 27.7 Å². The van der Waals surface area contributed by atoms with Crippen LogP contribution in [0.2, 0.25) is 0 Å². The first kappa shape index (κ1) is 22.8. The molecular weight excluding hydrogens is 470 g/mol. The summed E-state index contributed by atoms with van der Waals surface area (Å²) in [7, 11) is 0. The number of aromatic nitrogens is 2. The molecule has 0 spiro atoms. The largest absolute Gasteiger partial charge is 0.427 e. The highest BCUT2D eigenvalue weighted by Crippen LogP contribution is 2.55. The second kappa shape index (κ2) is 7.87. The Kier molecular flexibility index (Phi) is 5.43. The highest BCUT2D eigenvalue weighted by atomic mass is 32.1. The molecule has 0 bridgehead atoms. The van der Waals surface area contributed by atoms with Crippen molar-refractivity contribution >= 4 is 23.9 Å². The molecule has 172 valence electrons. The first-order valence-corrected chi connectivity index (χ1v) is 9.84. The molecule has 0 amide bonds. The maximum Gasteiger partial charge on any atom is 0.427 e. The highest BCUT2D eigenvalue weighted by molar-refractivity contribution is 7.71. The number of nitrogens with one attached hydrogen (secondary N) is 2. The van der Waals surface area contributed by atoms with Gasteiger partial charge in [-0.25, -0.2) is 4.99 Å². The zero-order valence-electron chi connectivity index (χ0n) is 16.5. The summed E-state index contributed by atoms with van der Waals surface area (Å²) < 4.78 is 86.2. The maximum absolute atomic E-state index is 14.3. The second-order valence-electron chi connectivity index (χ2n) is 7.21. The van der Waals surface area contributed by atoms with Gasteiger partial charge in [0.25, 0.3) is 11.1 Å². The molecule has 0 aliphatic carbocycles. The van der Waals surface area contributed by atoms with Crippen molar-refractivity contribution < 1.29 is 26.3 Å². The molecule has 2 aromatic carbocycles. The van der Waals surface area contributed by atoms with Gasteiger partial charge in [0.1, 0.15) is 17.2 Å². The number of halogens is 6. The predicted molar refractivity (Wildman–Crippen MR) is 112 cm³/mol. The number of aliphatic imine (C=N–C) groups is 1. The number of nitrogens with zero attached hydrogens (tertiary/aromatic N) is 2. The topological polar surface area (TPSA) is 62.2 Å². The van der Waals surface area contributed by atoms with E-state index < -0.39 is 40.7 Å². The van der Waals surface area contributed by atoms with Crippen LogP contribution in [0.3, 0.4) is 0 Å². The summed E-state index contributed by atoms with van der Waals surface area (Å²) in [5, 5.41) is 2.51. The zero-order chi connectivity index (χ0) is 24.0. The van der Waals surface area contributed by atoms with Crippen LogP contribution in [0.15, 0.2) is 70.5 Å². The number of rotatable bonds is 3. The van der Waals surface area contributed by atoms with Gasteiger partial charge in [-0.1, -0.05) is 60.7 Å². The van der Waals surface area contributed by atoms with Crippen LogP contribution in [0.5, 0.6) is 0 Å². The van der Waals surface area contributed by atoms with E-state index >= 15 is 0 Å². The van der Waals surface area contributed by atoms with E-state index in [4.69, 9.17) is 12.2 Å². The molecule has 0 atom stereocenters. The van der Waals surface area contributed by atoms with Crippen molar-refractivity contribution in [3.63, 3.8) is 0 Å². The standard InChI is InChI=1S/C21H14F6N4OS/c22-20(23,24)19(21(25,26)27)14-16(28-15(30-19)13-9-5-2-6-10-13)31(18(33)29-17(14)32)11-12-7-3-1-4-8-12/h1-10H,11H2,(H,28,30)(H,29,32,33). The minimum atomic E-state index is -5.98. The molecule has 0 saturated carbocycles. The highest BCUT2D eigenvalue weighted by Gasteiger charge is 2.75. The fourth-order valence-electron chi connectivity index (χ4n) is 3.62. The van der Waals surface area contributed by atoms with Crippen LogP contribution in [-0.2, 0) is 12.1 Å². The minimum absolute atomic E-state index is 0.0292. The first-order chi connectivity index (χ1) is 15.5. The van der Waals surface area contributed by atoms with Gasteiger partial charge in [-0.15, -0.1) is 0 Å². The van der Waals surface area contributed by atoms with E-state index in [-0.39, 0.29) is 16.9 Å². The number of hydrogen-bond acceptors (Lipinski definition) is 4. The lowest BCUT2D eigenvalue weighted by Gasteiger charge is -2.39. The second-order valence-corrected chi connectivity index (χ2v) is 7.60. The number of benzene rings is 2. The zero-order valence-corrected chi connectivity index (χ0v) is 17.3. The Morgan fingerprint density at radius 1 is 0.909 bits per heavy atom. The first-order valence-electron chi connectivity index (χ1n) is 9.43. The van der Waals surface area contributed by atoms with Crippen LogP contribution >= 0.6 is 12.2 Å². The van der Waals surface area contributed by atoms with Crippen LogP contribution in [0, 0.1) is 4.77 Å². The fraction of sp³-hybridized carbons (Fsp3) is 0.190. The van der Waals surface area contributed by atoms with Crippen molar-refractivity contribution in [2.45, 2.75) is 24.4 Å². The van der Waals surface area contributed by atoms with E-state index in [1.807, 2.05) is 4.98 Å². The summed E-state index contributed by atoms with van der Waals surface area (Å²) in [6.45, 7) is -0.195.